The number of aliphatic carboxylic acids is 1. The van der Waals surface area contributed by atoms with E-state index in [0.29, 0.717) is 5.82 Å². The average molecular weight is 228 g/mol. The van der Waals surface area contributed by atoms with Crippen LogP contribution in [0.2, 0.25) is 0 Å². The third-order valence-electron chi connectivity index (χ3n) is 1.74. The molecule has 0 spiro atoms. The minimum absolute atomic E-state index is 0.294. The lowest BCUT2D eigenvalue weighted by atomic mass is 10.3. The number of anilines is 1. The number of urea groups is 1. The Kier molecular flexibility index (Phi) is 3.84. The molecule has 0 aromatic carbocycles. The lowest BCUT2D eigenvalue weighted by molar-refractivity contribution is -0.140. The number of amides is 2. The zero-order chi connectivity index (χ0) is 12.1. The Morgan fingerprint density at radius 3 is 2.75 bits per heavy atom. The summed E-state index contributed by atoms with van der Waals surface area (Å²) < 4.78 is 1.48. The molecule has 1 aromatic rings. The molecule has 0 saturated carbocycles. The van der Waals surface area contributed by atoms with Gasteiger partial charge in [0.2, 0.25) is 0 Å². The highest BCUT2D eigenvalue weighted by Gasteiger charge is 2.18. The van der Waals surface area contributed by atoms with Crippen LogP contribution in [0.4, 0.5) is 10.6 Å². The second-order valence-electron chi connectivity index (χ2n) is 3.05. The highest BCUT2D eigenvalue weighted by Crippen LogP contribution is 2.00. The molecule has 0 aliphatic heterocycles. The molecule has 0 bridgehead atoms. The summed E-state index contributed by atoms with van der Waals surface area (Å²) in [6, 6.07) is -0.516. The third-order valence-corrected chi connectivity index (χ3v) is 1.74. The molecule has 16 heavy (non-hydrogen) atoms. The highest BCUT2D eigenvalue weighted by molar-refractivity contribution is 5.91. The van der Waals surface area contributed by atoms with Crippen LogP contribution in [-0.4, -0.2) is 44.6 Å². The quantitative estimate of drug-likeness (QED) is 0.526. The normalized spacial score (nSPS) is 11.9. The molecule has 4 N–H and O–H groups in total. The molecule has 1 aromatic heterocycles. The van der Waals surface area contributed by atoms with Crippen LogP contribution in [0.3, 0.4) is 0 Å². The number of aliphatic hydroxyl groups is 1. The summed E-state index contributed by atoms with van der Waals surface area (Å²) in [4.78, 5) is 21.7. The Bertz CT molecular complexity index is 389. The van der Waals surface area contributed by atoms with E-state index in [1.54, 1.807) is 19.3 Å². The molecular formula is C8H12N4O4. The molecule has 0 fully saturated rings. The Morgan fingerprint density at radius 1 is 1.62 bits per heavy atom. The maximum Gasteiger partial charge on any atom is 0.328 e. The van der Waals surface area contributed by atoms with E-state index in [1.807, 2.05) is 0 Å². The number of nitrogens with one attached hydrogen (secondary N) is 2. The van der Waals surface area contributed by atoms with Crippen LogP contribution in [0.15, 0.2) is 12.3 Å². The molecule has 8 nitrogen and oxygen atoms in total. The van der Waals surface area contributed by atoms with Gasteiger partial charge in [0.1, 0.15) is 0 Å². The van der Waals surface area contributed by atoms with E-state index in [4.69, 9.17) is 10.2 Å². The first kappa shape index (κ1) is 12.0. The predicted molar refractivity (Wildman–Crippen MR) is 53.9 cm³/mol. The predicted octanol–water partition coefficient (Wildman–Crippen LogP) is -1.01. The van der Waals surface area contributed by atoms with E-state index in [0.717, 1.165) is 0 Å². The zero-order valence-corrected chi connectivity index (χ0v) is 8.54. The van der Waals surface area contributed by atoms with E-state index in [2.05, 4.69) is 15.7 Å². The van der Waals surface area contributed by atoms with Gasteiger partial charge in [-0.1, -0.05) is 0 Å². The van der Waals surface area contributed by atoms with Gasteiger partial charge in [0.15, 0.2) is 11.9 Å². The summed E-state index contributed by atoms with van der Waals surface area (Å²) >= 11 is 0. The number of carbonyl (C=O) groups excluding carboxylic acids is 1. The molecular weight excluding hydrogens is 216 g/mol. The van der Waals surface area contributed by atoms with Gasteiger partial charge in [-0.05, 0) is 0 Å². The van der Waals surface area contributed by atoms with Crippen molar-refractivity contribution in [2.45, 2.75) is 6.04 Å². The van der Waals surface area contributed by atoms with E-state index in [-0.39, 0.29) is 0 Å². The first-order valence-electron chi connectivity index (χ1n) is 4.43. The van der Waals surface area contributed by atoms with Crippen molar-refractivity contribution in [3.63, 3.8) is 0 Å². The summed E-state index contributed by atoms with van der Waals surface area (Å²) in [6.45, 7) is -0.676. The fourth-order valence-corrected chi connectivity index (χ4v) is 0.978. The maximum absolute atomic E-state index is 11.2. The SMILES string of the molecule is Cn1ccc(NC(=O)N[C@H](CO)C(=O)O)n1. The van der Waals surface area contributed by atoms with Crippen molar-refractivity contribution in [1.82, 2.24) is 15.1 Å². The third kappa shape index (κ3) is 3.24. The topological polar surface area (TPSA) is 116 Å². The van der Waals surface area contributed by atoms with Crippen LogP contribution < -0.4 is 10.6 Å². The smallest absolute Gasteiger partial charge is 0.328 e. The van der Waals surface area contributed by atoms with E-state index >= 15 is 0 Å². The molecule has 88 valence electrons. The van der Waals surface area contributed by atoms with Gasteiger partial charge in [0.25, 0.3) is 0 Å². The summed E-state index contributed by atoms with van der Waals surface area (Å²) in [5.74, 6) is -1.01. The van der Waals surface area contributed by atoms with Crippen molar-refractivity contribution in [3.8, 4) is 0 Å². The molecule has 0 unspecified atom stereocenters. The largest absolute Gasteiger partial charge is 0.480 e. The Balaban J connectivity index is 2.50. The number of rotatable bonds is 4. The molecule has 0 radical (unpaired) electrons. The molecule has 1 heterocycles. The van der Waals surface area contributed by atoms with Crippen LogP contribution in [0.1, 0.15) is 0 Å². The van der Waals surface area contributed by atoms with Crippen LogP contribution >= 0.6 is 0 Å². The number of carboxylic acid groups (broad SMARTS) is 1. The molecule has 1 rings (SSSR count). The fraction of sp³-hybridized carbons (Fsp3) is 0.375. The van der Waals surface area contributed by atoms with E-state index in [1.165, 1.54) is 4.68 Å². The average Bonchev–Trinajstić information content (AvgIpc) is 2.60. The zero-order valence-electron chi connectivity index (χ0n) is 8.54. The summed E-state index contributed by atoms with van der Waals surface area (Å²) in [6.07, 6.45) is 1.62. The van der Waals surface area contributed by atoms with Gasteiger partial charge in [0, 0.05) is 19.3 Å². The van der Waals surface area contributed by atoms with Crippen LogP contribution in [-0.2, 0) is 11.8 Å². The number of aryl methyl sites for hydroxylation is 1. The highest BCUT2D eigenvalue weighted by atomic mass is 16.4. The van der Waals surface area contributed by atoms with Gasteiger partial charge < -0.3 is 15.5 Å². The second-order valence-corrected chi connectivity index (χ2v) is 3.05. The van der Waals surface area contributed by atoms with Gasteiger partial charge in [-0.3, -0.25) is 10.00 Å². The van der Waals surface area contributed by atoms with Crippen molar-refractivity contribution in [1.29, 1.82) is 0 Å². The van der Waals surface area contributed by atoms with Gasteiger partial charge in [-0.25, -0.2) is 9.59 Å². The van der Waals surface area contributed by atoms with Gasteiger partial charge >= 0.3 is 12.0 Å². The number of aromatic nitrogens is 2. The van der Waals surface area contributed by atoms with Gasteiger partial charge in [0.05, 0.1) is 6.61 Å². The lowest BCUT2D eigenvalue weighted by Gasteiger charge is -2.11. The maximum atomic E-state index is 11.2. The standard InChI is InChI=1S/C8H12N4O4/c1-12-3-2-6(11-12)10-8(16)9-5(4-13)7(14)15/h2-3,5,13H,4H2,1H3,(H,14,15)(H2,9,10,11,16)/t5-/m1/s1. The number of hydrogen-bond donors (Lipinski definition) is 4. The first-order chi connectivity index (χ1) is 7.52. The van der Waals surface area contributed by atoms with Crippen molar-refractivity contribution in [2.24, 2.45) is 7.05 Å². The molecule has 2 amide bonds. The molecule has 8 heteroatoms. The van der Waals surface area contributed by atoms with Crippen molar-refractivity contribution in [3.05, 3.63) is 12.3 Å². The van der Waals surface area contributed by atoms with E-state index in [9.17, 15) is 9.59 Å². The first-order valence-corrected chi connectivity index (χ1v) is 4.43. The van der Waals surface area contributed by atoms with Crippen LogP contribution in [0, 0.1) is 0 Å². The second kappa shape index (κ2) is 5.12. The number of carbonyl (C=O) groups is 2. The Labute approximate surface area is 90.9 Å². The fourth-order valence-electron chi connectivity index (χ4n) is 0.978. The summed E-state index contributed by atoms with van der Waals surface area (Å²) in [7, 11) is 1.68. The lowest BCUT2D eigenvalue weighted by Crippen LogP contribution is -2.45. The summed E-state index contributed by atoms with van der Waals surface area (Å²) in [5, 5.41) is 25.5. The summed E-state index contributed by atoms with van der Waals surface area (Å²) in [5.41, 5.74) is 0. The minimum atomic E-state index is -1.33. The van der Waals surface area contributed by atoms with Crippen molar-refractivity contribution in [2.75, 3.05) is 11.9 Å². The number of nitrogens with zero attached hydrogens (tertiary/aromatic N) is 2. The van der Waals surface area contributed by atoms with Crippen molar-refractivity contribution >= 4 is 17.8 Å². The number of carboxylic acids is 1. The van der Waals surface area contributed by atoms with Crippen LogP contribution in [0.5, 0.6) is 0 Å². The Morgan fingerprint density at radius 2 is 2.31 bits per heavy atom. The molecule has 0 saturated heterocycles. The molecule has 0 aliphatic rings. The minimum Gasteiger partial charge on any atom is -0.480 e. The van der Waals surface area contributed by atoms with Gasteiger partial charge in [-0.15, -0.1) is 0 Å². The van der Waals surface area contributed by atoms with Gasteiger partial charge in [-0.2, -0.15) is 5.10 Å². The monoisotopic (exact) mass is 228 g/mol. The Hall–Kier alpha value is -2.09. The van der Waals surface area contributed by atoms with E-state index < -0.39 is 24.6 Å². The van der Waals surface area contributed by atoms with Crippen LogP contribution in [0.25, 0.3) is 0 Å². The number of aliphatic hydroxyl groups excluding tert-OH is 1. The van der Waals surface area contributed by atoms with Crippen molar-refractivity contribution < 1.29 is 19.8 Å². The number of hydrogen-bond acceptors (Lipinski definition) is 4. The molecule has 1 atom stereocenters. The molecule has 0 aliphatic carbocycles.